The Hall–Kier alpha value is -1.63. The lowest BCUT2D eigenvalue weighted by Gasteiger charge is -2.17. The number of carboxylic acids is 1. The maximum Gasteiger partial charge on any atom is 0.334 e. The van der Waals surface area contributed by atoms with Gasteiger partial charge in [-0.1, -0.05) is 20.8 Å². The summed E-state index contributed by atoms with van der Waals surface area (Å²) >= 11 is 0. The third kappa shape index (κ3) is 7.40. The van der Waals surface area contributed by atoms with E-state index in [9.17, 15) is 14.4 Å². The molecule has 0 fully saturated rings. The van der Waals surface area contributed by atoms with Gasteiger partial charge in [-0.05, 0) is 0 Å². The van der Waals surface area contributed by atoms with Crippen LogP contribution in [0.15, 0.2) is 0 Å². The van der Waals surface area contributed by atoms with Crippen molar-refractivity contribution in [2.24, 2.45) is 5.41 Å². The molecule has 7 nitrogen and oxygen atoms in total. The van der Waals surface area contributed by atoms with Crippen molar-refractivity contribution in [3.8, 4) is 0 Å². The second-order valence-electron chi connectivity index (χ2n) is 5.12. The van der Waals surface area contributed by atoms with Crippen molar-refractivity contribution in [2.45, 2.75) is 33.3 Å². The average Bonchev–Trinajstić information content (AvgIpc) is 2.27. The molecule has 0 saturated heterocycles. The lowest BCUT2D eigenvalue weighted by molar-refractivity contribution is -0.148. The number of carbonyl (C=O) groups is 3. The van der Waals surface area contributed by atoms with Crippen molar-refractivity contribution in [3.05, 3.63) is 0 Å². The Labute approximate surface area is 112 Å². The number of carboxylic acid groups (broad SMARTS) is 1. The fraction of sp³-hybridized carbons (Fsp3) is 0.750. The van der Waals surface area contributed by atoms with E-state index in [4.69, 9.17) is 5.11 Å². The van der Waals surface area contributed by atoms with Gasteiger partial charge in [0, 0.05) is 25.5 Å². The van der Waals surface area contributed by atoms with E-state index < -0.39 is 17.5 Å². The van der Waals surface area contributed by atoms with Crippen molar-refractivity contribution in [1.82, 2.24) is 10.6 Å². The fourth-order valence-corrected chi connectivity index (χ4v) is 1.12. The summed E-state index contributed by atoms with van der Waals surface area (Å²) in [5, 5.41) is 13.8. The van der Waals surface area contributed by atoms with Crippen molar-refractivity contribution in [3.63, 3.8) is 0 Å². The number of nitrogens with one attached hydrogen (secondary N) is 2. The van der Waals surface area contributed by atoms with Crippen LogP contribution in [0.1, 0.15) is 27.2 Å². The van der Waals surface area contributed by atoms with Crippen LogP contribution in [0.25, 0.3) is 0 Å². The highest BCUT2D eigenvalue weighted by atomic mass is 16.5. The Morgan fingerprint density at radius 3 is 2.21 bits per heavy atom. The Morgan fingerprint density at radius 2 is 1.79 bits per heavy atom. The van der Waals surface area contributed by atoms with Crippen LogP contribution >= 0.6 is 0 Å². The minimum Gasteiger partial charge on any atom is -0.479 e. The molecule has 1 unspecified atom stereocenters. The molecule has 0 aromatic rings. The first-order valence-electron chi connectivity index (χ1n) is 5.99. The van der Waals surface area contributed by atoms with Crippen molar-refractivity contribution in [2.75, 3.05) is 20.2 Å². The third-order valence-corrected chi connectivity index (χ3v) is 2.36. The van der Waals surface area contributed by atoms with Crippen LogP contribution in [0.3, 0.4) is 0 Å². The molecule has 110 valence electrons. The van der Waals surface area contributed by atoms with E-state index in [1.54, 1.807) is 20.8 Å². The molecule has 0 bridgehead atoms. The minimum atomic E-state index is -1.14. The highest BCUT2D eigenvalue weighted by molar-refractivity contribution is 5.82. The molecule has 3 N–H and O–H groups in total. The summed E-state index contributed by atoms with van der Waals surface area (Å²) < 4.78 is 4.67. The van der Waals surface area contributed by atoms with E-state index in [1.807, 2.05) is 0 Å². The smallest absolute Gasteiger partial charge is 0.334 e. The molecule has 0 spiro atoms. The normalized spacial score (nSPS) is 12.6. The van der Waals surface area contributed by atoms with E-state index in [0.717, 1.165) is 0 Å². The number of hydrogen-bond acceptors (Lipinski definition) is 4. The molecule has 0 aliphatic heterocycles. The first-order valence-corrected chi connectivity index (χ1v) is 5.99. The van der Waals surface area contributed by atoms with E-state index in [0.29, 0.717) is 0 Å². The number of ether oxygens (including phenoxy) is 1. The Morgan fingerprint density at radius 1 is 1.21 bits per heavy atom. The molecule has 0 radical (unpaired) electrons. The molecule has 0 aromatic heterocycles. The number of aliphatic carboxylic acids is 1. The van der Waals surface area contributed by atoms with Crippen LogP contribution in [-0.2, 0) is 19.1 Å². The SMILES string of the molecule is COC(CNC(=O)CCNC(=O)C(C)(C)C)C(=O)O. The van der Waals surface area contributed by atoms with Crippen molar-refractivity contribution in [1.29, 1.82) is 0 Å². The second-order valence-corrected chi connectivity index (χ2v) is 5.12. The summed E-state index contributed by atoms with van der Waals surface area (Å²) in [7, 11) is 1.26. The van der Waals surface area contributed by atoms with Gasteiger partial charge in [-0.3, -0.25) is 9.59 Å². The number of carbonyl (C=O) groups excluding carboxylic acids is 2. The lowest BCUT2D eigenvalue weighted by atomic mass is 9.96. The zero-order chi connectivity index (χ0) is 15.1. The minimum absolute atomic E-state index is 0.0951. The standard InChI is InChI=1S/C12H22N2O5/c1-12(2,3)11(18)13-6-5-9(15)14-7-8(19-4)10(16)17/h8H,5-7H2,1-4H3,(H,13,18)(H,14,15)(H,16,17). The summed E-state index contributed by atoms with van der Waals surface area (Å²) in [6.07, 6.45) is -0.967. The molecule has 0 heterocycles. The fourth-order valence-electron chi connectivity index (χ4n) is 1.12. The Kier molecular flexibility index (Phi) is 7.06. The molecule has 1 atom stereocenters. The zero-order valence-corrected chi connectivity index (χ0v) is 11.8. The van der Waals surface area contributed by atoms with Crippen LogP contribution in [0, 0.1) is 5.41 Å². The van der Waals surface area contributed by atoms with Crippen molar-refractivity contribution >= 4 is 17.8 Å². The van der Waals surface area contributed by atoms with Gasteiger partial charge in [0.2, 0.25) is 11.8 Å². The van der Waals surface area contributed by atoms with Gasteiger partial charge in [-0.15, -0.1) is 0 Å². The number of hydrogen-bond donors (Lipinski definition) is 3. The van der Waals surface area contributed by atoms with Gasteiger partial charge in [0.25, 0.3) is 0 Å². The quantitative estimate of drug-likeness (QED) is 0.594. The van der Waals surface area contributed by atoms with Gasteiger partial charge in [-0.2, -0.15) is 0 Å². The monoisotopic (exact) mass is 274 g/mol. The largest absolute Gasteiger partial charge is 0.479 e. The van der Waals surface area contributed by atoms with Gasteiger partial charge in [0.15, 0.2) is 6.10 Å². The predicted molar refractivity (Wildman–Crippen MR) is 68.5 cm³/mol. The van der Waals surface area contributed by atoms with Gasteiger partial charge < -0.3 is 20.5 Å². The maximum atomic E-state index is 11.5. The van der Waals surface area contributed by atoms with Crippen LogP contribution in [-0.4, -0.2) is 49.2 Å². The highest BCUT2D eigenvalue weighted by Gasteiger charge is 2.21. The first kappa shape index (κ1) is 17.4. The number of rotatable bonds is 7. The van der Waals surface area contributed by atoms with E-state index in [2.05, 4.69) is 15.4 Å². The molecule has 0 rings (SSSR count). The van der Waals surface area contributed by atoms with E-state index in [1.165, 1.54) is 7.11 Å². The second kappa shape index (κ2) is 7.73. The maximum absolute atomic E-state index is 11.5. The van der Waals surface area contributed by atoms with Gasteiger partial charge in [-0.25, -0.2) is 4.79 Å². The molecular weight excluding hydrogens is 252 g/mol. The lowest BCUT2D eigenvalue weighted by Crippen LogP contribution is -2.40. The number of amides is 2. The van der Waals surface area contributed by atoms with Crippen LogP contribution < -0.4 is 10.6 Å². The highest BCUT2D eigenvalue weighted by Crippen LogP contribution is 2.11. The summed E-state index contributed by atoms with van der Waals surface area (Å²) in [4.78, 5) is 33.5. The summed E-state index contributed by atoms with van der Waals surface area (Å²) in [5.74, 6) is -1.61. The summed E-state index contributed by atoms with van der Waals surface area (Å²) in [5.41, 5.74) is -0.499. The van der Waals surface area contributed by atoms with Crippen LogP contribution in [0.4, 0.5) is 0 Å². The Bertz CT molecular complexity index is 336. The summed E-state index contributed by atoms with van der Waals surface area (Å²) in [6, 6.07) is 0. The molecule has 7 heteroatoms. The molecule has 2 amide bonds. The molecule has 0 aliphatic carbocycles. The van der Waals surface area contributed by atoms with Crippen LogP contribution in [0.5, 0.6) is 0 Å². The molecule has 19 heavy (non-hydrogen) atoms. The van der Waals surface area contributed by atoms with Gasteiger partial charge in [0.05, 0.1) is 6.54 Å². The van der Waals surface area contributed by atoms with Crippen molar-refractivity contribution < 1.29 is 24.2 Å². The van der Waals surface area contributed by atoms with Gasteiger partial charge >= 0.3 is 5.97 Å². The zero-order valence-electron chi connectivity index (χ0n) is 11.8. The topological polar surface area (TPSA) is 105 Å². The van der Waals surface area contributed by atoms with E-state index >= 15 is 0 Å². The average molecular weight is 274 g/mol. The molecular formula is C12H22N2O5. The number of methoxy groups -OCH3 is 1. The molecule has 0 aliphatic rings. The van der Waals surface area contributed by atoms with Gasteiger partial charge in [0.1, 0.15) is 0 Å². The third-order valence-electron chi connectivity index (χ3n) is 2.36. The van der Waals surface area contributed by atoms with E-state index in [-0.39, 0.29) is 31.3 Å². The molecule has 0 aromatic carbocycles. The molecule has 0 saturated carbocycles. The van der Waals surface area contributed by atoms with Crippen LogP contribution in [0.2, 0.25) is 0 Å². The predicted octanol–water partition coefficient (Wildman–Crippen LogP) is -0.245. The first-order chi connectivity index (χ1) is 8.68. The Balaban J connectivity index is 3.89. The summed E-state index contributed by atoms with van der Waals surface area (Å²) in [6.45, 7) is 5.44.